The summed E-state index contributed by atoms with van der Waals surface area (Å²) in [4.78, 5) is 22.6. The fourth-order valence-electron chi connectivity index (χ4n) is 4.41. The summed E-state index contributed by atoms with van der Waals surface area (Å²) in [6.45, 7) is 0.775. The van der Waals surface area contributed by atoms with E-state index >= 15 is 0 Å². The molecule has 1 aliphatic carbocycles. The minimum Gasteiger partial charge on any atom is -0.324 e. The van der Waals surface area contributed by atoms with E-state index in [0.29, 0.717) is 5.95 Å². The Morgan fingerprint density at radius 2 is 1.81 bits per heavy atom. The maximum absolute atomic E-state index is 13.1. The van der Waals surface area contributed by atoms with Crippen LogP contribution in [0, 0.1) is 0 Å². The first kappa shape index (κ1) is 15.6. The topological polar surface area (TPSA) is 64.7 Å². The summed E-state index contributed by atoms with van der Waals surface area (Å²) in [5.41, 5.74) is 3.81. The van der Waals surface area contributed by atoms with Crippen LogP contribution in [0.4, 0.5) is 11.6 Å². The predicted octanol–water partition coefficient (Wildman–Crippen LogP) is 3.79. The lowest BCUT2D eigenvalue weighted by molar-refractivity contribution is 0.348. The minimum absolute atomic E-state index is 0.0963. The number of aryl methyl sites for hydroxylation is 2. The van der Waals surface area contributed by atoms with Crippen LogP contribution in [0.5, 0.6) is 0 Å². The van der Waals surface area contributed by atoms with Gasteiger partial charge in [0.2, 0.25) is 5.95 Å². The molecule has 6 heteroatoms. The summed E-state index contributed by atoms with van der Waals surface area (Å²) in [6.07, 6.45) is 7.65. The molecule has 5 rings (SSSR count). The first-order valence-electron chi connectivity index (χ1n) is 9.65. The third-order valence-corrected chi connectivity index (χ3v) is 5.64. The zero-order chi connectivity index (χ0) is 17.5. The lowest BCUT2D eigenvalue weighted by Crippen LogP contribution is -2.29. The molecule has 0 atom stereocenters. The van der Waals surface area contributed by atoms with Crippen molar-refractivity contribution in [1.29, 1.82) is 0 Å². The van der Waals surface area contributed by atoms with Gasteiger partial charge in [0, 0.05) is 18.3 Å². The molecular weight excluding hydrogens is 326 g/mol. The van der Waals surface area contributed by atoms with Crippen LogP contribution in [0.25, 0.3) is 11.2 Å². The van der Waals surface area contributed by atoms with Gasteiger partial charge in [-0.3, -0.25) is 9.13 Å². The number of para-hydroxylation sites is 1. The predicted molar refractivity (Wildman–Crippen MR) is 102 cm³/mol. The van der Waals surface area contributed by atoms with Crippen molar-refractivity contribution in [3.8, 4) is 0 Å². The smallest absolute Gasteiger partial charge is 0.324 e. The molecule has 1 saturated carbocycles. The third-order valence-electron chi connectivity index (χ3n) is 5.64. The number of aromatic nitrogens is 4. The Hall–Kier alpha value is -2.63. The molecule has 134 valence electrons. The molecule has 3 aromatic rings. The Morgan fingerprint density at radius 3 is 2.62 bits per heavy atom. The van der Waals surface area contributed by atoms with E-state index in [1.54, 1.807) is 0 Å². The van der Waals surface area contributed by atoms with E-state index < -0.39 is 0 Å². The van der Waals surface area contributed by atoms with E-state index in [4.69, 9.17) is 9.97 Å². The molecule has 0 amide bonds. The van der Waals surface area contributed by atoms with Gasteiger partial charge in [-0.05, 0) is 37.8 Å². The van der Waals surface area contributed by atoms with E-state index in [1.807, 2.05) is 39.5 Å². The van der Waals surface area contributed by atoms with Gasteiger partial charge in [-0.2, -0.15) is 4.98 Å². The number of hydrogen-bond acceptors (Lipinski definition) is 4. The Kier molecular flexibility index (Phi) is 3.76. The molecule has 2 aromatic heterocycles. The summed E-state index contributed by atoms with van der Waals surface area (Å²) in [6, 6.07) is 10.2. The van der Waals surface area contributed by atoms with Crippen LogP contribution in [0.1, 0.15) is 50.3 Å². The number of hydrogen-bond donors (Lipinski definition) is 1. The number of rotatable bonds is 3. The van der Waals surface area contributed by atoms with Crippen molar-refractivity contribution in [2.45, 2.75) is 57.5 Å². The summed E-state index contributed by atoms with van der Waals surface area (Å²) >= 11 is 0. The number of imidazole rings is 1. The second-order valence-corrected chi connectivity index (χ2v) is 7.36. The van der Waals surface area contributed by atoms with Gasteiger partial charge in [-0.15, -0.1) is 0 Å². The molecule has 2 aliphatic rings. The zero-order valence-electron chi connectivity index (χ0n) is 14.8. The zero-order valence-corrected chi connectivity index (χ0v) is 14.8. The van der Waals surface area contributed by atoms with Gasteiger partial charge in [0.15, 0.2) is 5.65 Å². The van der Waals surface area contributed by atoms with Crippen molar-refractivity contribution in [3.63, 3.8) is 0 Å². The number of nitrogens with zero attached hydrogens (tertiary/aromatic N) is 4. The summed E-state index contributed by atoms with van der Waals surface area (Å²) < 4.78 is 3.86. The highest BCUT2D eigenvalue weighted by atomic mass is 16.1. The maximum Gasteiger partial charge on any atom is 0.330 e. The highest BCUT2D eigenvalue weighted by Crippen LogP contribution is 2.32. The molecule has 3 heterocycles. The van der Waals surface area contributed by atoms with Gasteiger partial charge in [-0.25, -0.2) is 9.78 Å². The van der Waals surface area contributed by atoms with Crippen LogP contribution in [-0.2, 0) is 13.0 Å². The quantitative estimate of drug-likeness (QED) is 0.781. The third kappa shape index (κ3) is 2.52. The van der Waals surface area contributed by atoms with Crippen LogP contribution >= 0.6 is 0 Å². The van der Waals surface area contributed by atoms with E-state index in [2.05, 4.69) is 5.32 Å². The molecule has 1 aromatic carbocycles. The van der Waals surface area contributed by atoms with Crippen molar-refractivity contribution in [3.05, 3.63) is 46.5 Å². The van der Waals surface area contributed by atoms with Crippen molar-refractivity contribution in [2.24, 2.45) is 0 Å². The standard InChI is InChI=1S/C20H23N5O/c26-20-24-13-7-12-16-17(24)18(25(20)15-10-5-2-6-11-15)23-19(22-16)21-14-8-3-1-4-9-14/h1,3-4,8-9,15H,2,5-7,10-13H2,(H,21,22,23). The minimum atomic E-state index is 0.0963. The van der Waals surface area contributed by atoms with Gasteiger partial charge in [0.1, 0.15) is 5.52 Å². The molecule has 0 radical (unpaired) electrons. The molecule has 1 fully saturated rings. The van der Waals surface area contributed by atoms with E-state index in [0.717, 1.165) is 54.8 Å². The molecule has 0 spiro atoms. The van der Waals surface area contributed by atoms with Crippen LogP contribution in [0.2, 0.25) is 0 Å². The molecule has 0 unspecified atom stereocenters. The highest BCUT2D eigenvalue weighted by molar-refractivity contribution is 5.77. The molecule has 0 saturated heterocycles. The molecular formula is C20H23N5O. The van der Waals surface area contributed by atoms with E-state index in [1.165, 1.54) is 19.3 Å². The van der Waals surface area contributed by atoms with Crippen molar-refractivity contribution >= 4 is 22.8 Å². The van der Waals surface area contributed by atoms with Crippen molar-refractivity contribution in [1.82, 2.24) is 19.1 Å². The number of anilines is 2. The second kappa shape index (κ2) is 6.27. The lowest BCUT2D eigenvalue weighted by atomic mass is 9.95. The number of nitrogens with one attached hydrogen (secondary N) is 1. The van der Waals surface area contributed by atoms with Crippen LogP contribution in [-0.4, -0.2) is 19.1 Å². The Balaban J connectivity index is 1.67. The first-order valence-corrected chi connectivity index (χ1v) is 9.65. The summed E-state index contributed by atoms with van der Waals surface area (Å²) in [5.74, 6) is 0.585. The van der Waals surface area contributed by atoms with Gasteiger partial charge < -0.3 is 5.32 Å². The van der Waals surface area contributed by atoms with Crippen LogP contribution < -0.4 is 11.0 Å². The molecule has 26 heavy (non-hydrogen) atoms. The lowest BCUT2D eigenvalue weighted by Gasteiger charge is -2.22. The maximum atomic E-state index is 13.1. The normalized spacial score (nSPS) is 17.5. The first-order chi connectivity index (χ1) is 12.8. The SMILES string of the molecule is O=c1n2c3c(nc(Nc4ccccc4)nc3n1C1CCCCC1)CCC2. The molecule has 1 N–H and O–H groups in total. The van der Waals surface area contributed by atoms with Crippen LogP contribution in [0.3, 0.4) is 0 Å². The Bertz CT molecular complexity index is 998. The Morgan fingerprint density at radius 1 is 1.00 bits per heavy atom. The molecule has 1 aliphatic heterocycles. The van der Waals surface area contributed by atoms with Gasteiger partial charge in [0.05, 0.1) is 5.69 Å². The average molecular weight is 349 g/mol. The van der Waals surface area contributed by atoms with Gasteiger partial charge >= 0.3 is 5.69 Å². The highest BCUT2D eigenvalue weighted by Gasteiger charge is 2.27. The monoisotopic (exact) mass is 349 g/mol. The van der Waals surface area contributed by atoms with Crippen molar-refractivity contribution < 1.29 is 0 Å². The number of benzene rings is 1. The molecule has 0 bridgehead atoms. The van der Waals surface area contributed by atoms with Crippen molar-refractivity contribution in [2.75, 3.05) is 5.32 Å². The summed E-state index contributed by atoms with van der Waals surface area (Å²) in [7, 11) is 0. The fraction of sp³-hybridized carbons (Fsp3) is 0.450. The van der Waals surface area contributed by atoms with Gasteiger partial charge in [0.25, 0.3) is 0 Å². The van der Waals surface area contributed by atoms with E-state index in [-0.39, 0.29) is 11.7 Å². The van der Waals surface area contributed by atoms with E-state index in [9.17, 15) is 4.79 Å². The van der Waals surface area contributed by atoms with Crippen LogP contribution in [0.15, 0.2) is 35.1 Å². The van der Waals surface area contributed by atoms with Gasteiger partial charge in [-0.1, -0.05) is 37.5 Å². The second-order valence-electron chi connectivity index (χ2n) is 7.36. The average Bonchev–Trinajstić information content (AvgIpc) is 2.97. The fourth-order valence-corrected chi connectivity index (χ4v) is 4.41. The summed E-state index contributed by atoms with van der Waals surface area (Å²) in [5, 5.41) is 3.31. The largest absolute Gasteiger partial charge is 0.330 e. The molecule has 6 nitrogen and oxygen atoms in total. The Labute approximate surface area is 151 Å².